The molecular formula is C11H10FN3O. The first-order valence-electron chi connectivity index (χ1n) is 4.81. The lowest BCUT2D eigenvalue weighted by Crippen LogP contribution is -2.17. The van der Waals surface area contributed by atoms with Crippen molar-refractivity contribution in [2.24, 2.45) is 0 Å². The molecule has 1 N–H and O–H groups in total. The number of aromatic nitrogens is 3. The molecule has 16 heavy (non-hydrogen) atoms. The monoisotopic (exact) mass is 219 g/mol. The molecule has 0 bridgehead atoms. The Bertz CT molecular complexity index is 551. The average Bonchev–Trinajstić information content (AvgIpc) is 2.27. The Morgan fingerprint density at radius 1 is 1.50 bits per heavy atom. The number of aromatic amines is 1. The lowest BCUT2D eigenvalue weighted by molar-refractivity contribution is 0.583. The summed E-state index contributed by atoms with van der Waals surface area (Å²) in [5.74, 6) is -0.383. The summed E-state index contributed by atoms with van der Waals surface area (Å²) in [5.41, 5.74) is 0.297. The third-order valence-electron chi connectivity index (χ3n) is 2.17. The van der Waals surface area contributed by atoms with E-state index in [1.165, 1.54) is 6.92 Å². The topological polar surface area (TPSA) is 58.6 Å². The Hall–Kier alpha value is -2.04. The molecule has 2 heterocycles. The Labute approximate surface area is 91.2 Å². The molecule has 0 radical (unpaired) electrons. The summed E-state index contributed by atoms with van der Waals surface area (Å²) >= 11 is 0. The SMILES string of the molecule is Cc1nc(Cc2cccnc2)[nH]c(=O)c1F. The van der Waals surface area contributed by atoms with Gasteiger partial charge in [-0.1, -0.05) is 6.07 Å². The van der Waals surface area contributed by atoms with Gasteiger partial charge in [-0.2, -0.15) is 4.39 Å². The molecule has 0 amide bonds. The zero-order valence-electron chi connectivity index (χ0n) is 8.70. The highest BCUT2D eigenvalue weighted by atomic mass is 19.1. The lowest BCUT2D eigenvalue weighted by Gasteiger charge is -2.02. The molecule has 0 saturated carbocycles. The number of hydrogen-bond donors (Lipinski definition) is 1. The maximum absolute atomic E-state index is 13.0. The van der Waals surface area contributed by atoms with E-state index < -0.39 is 11.4 Å². The largest absolute Gasteiger partial charge is 0.308 e. The van der Waals surface area contributed by atoms with Gasteiger partial charge in [-0.3, -0.25) is 9.78 Å². The van der Waals surface area contributed by atoms with Crippen LogP contribution in [0.15, 0.2) is 29.3 Å². The summed E-state index contributed by atoms with van der Waals surface area (Å²) in [6, 6.07) is 3.66. The fourth-order valence-electron chi connectivity index (χ4n) is 1.41. The number of hydrogen-bond acceptors (Lipinski definition) is 3. The van der Waals surface area contributed by atoms with E-state index in [2.05, 4.69) is 15.0 Å². The Morgan fingerprint density at radius 3 is 2.94 bits per heavy atom. The maximum atomic E-state index is 13.0. The van der Waals surface area contributed by atoms with Crippen LogP contribution >= 0.6 is 0 Å². The van der Waals surface area contributed by atoms with Gasteiger partial charge in [0.15, 0.2) is 0 Å². The van der Waals surface area contributed by atoms with Crippen molar-refractivity contribution < 1.29 is 4.39 Å². The Morgan fingerprint density at radius 2 is 2.31 bits per heavy atom. The van der Waals surface area contributed by atoms with Gasteiger partial charge in [-0.05, 0) is 18.6 Å². The van der Waals surface area contributed by atoms with Crippen LogP contribution < -0.4 is 5.56 Å². The smallest absolute Gasteiger partial charge is 0.287 e. The average molecular weight is 219 g/mol. The van der Waals surface area contributed by atoms with Crippen LogP contribution in [0.2, 0.25) is 0 Å². The molecule has 2 aromatic heterocycles. The van der Waals surface area contributed by atoms with E-state index in [9.17, 15) is 9.18 Å². The van der Waals surface area contributed by atoms with Crippen LogP contribution in [0.25, 0.3) is 0 Å². The Kier molecular flexibility index (Phi) is 2.76. The van der Waals surface area contributed by atoms with Crippen LogP contribution in [0, 0.1) is 12.7 Å². The van der Waals surface area contributed by atoms with Crippen molar-refractivity contribution in [3.8, 4) is 0 Å². The summed E-state index contributed by atoms with van der Waals surface area (Å²) in [4.78, 5) is 21.5. The molecule has 0 aliphatic carbocycles. The molecule has 0 unspecified atom stereocenters. The molecule has 5 heteroatoms. The molecule has 0 spiro atoms. The maximum Gasteiger partial charge on any atom is 0.287 e. The fraction of sp³-hybridized carbons (Fsp3) is 0.182. The number of nitrogens with one attached hydrogen (secondary N) is 1. The van der Waals surface area contributed by atoms with Crippen molar-refractivity contribution in [3.05, 3.63) is 57.8 Å². The highest BCUT2D eigenvalue weighted by Crippen LogP contribution is 2.03. The van der Waals surface area contributed by atoms with E-state index >= 15 is 0 Å². The fourth-order valence-corrected chi connectivity index (χ4v) is 1.41. The second-order valence-electron chi connectivity index (χ2n) is 3.45. The van der Waals surface area contributed by atoms with E-state index in [1.807, 2.05) is 6.07 Å². The quantitative estimate of drug-likeness (QED) is 0.825. The van der Waals surface area contributed by atoms with Crippen LogP contribution in [0.5, 0.6) is 0 Å². The third kappa shape index (κ3) is 2.13. The normalized spacial score (nSPS) is 10.4. The molecule has 0 aliphatic heterocycles. The summed E-state index contributed by atoms with van der Waals surface area (Å²) in [7, 11) is 0. The van der Waals surface area contributed by atoms with Crippen molar-refractivity contribution in [3.63, 3.8) is 0 Å². The van der Waals surface area contributed by atoms with Crippen LogP contribution in [0.1, 0.15) is 17.1 Å². The van der Waals surface area contributed by atoms with Gasteiger partial charge in [0.1, 0.15) is 5.82 Å². The zero-order chi connectivity index (χ0) is 11.5. The van der Waals surface area contributed by atoms with E-state index in [1.54, 1.807) is 18.5 Å². The van der Waals surface area contributed by atoms with Crippen LogP contribution in [-0.4, -0.2) is 15.0 Å². The first-order valence-corrected chi connectivity index (χ1v) is 4.81. The first kappa shape index (κ1) is 10.5. The van der Waals surface area contributed by atoms with Gasteiger partial charge >= 0.3 is 0 Å². The van der Waals surface area contributed by atoms with Gasteiger partial charge in [0.05, 0.1) is 5.69 Å². The van der Waals surface area contributed by atoms with Crippen molar-refractivity contribution in [2.75, 3.05) is 0 Å². The van der Waals surface area contributed by atoms with E-state index in [0.29, 0.717) is 12.2 Å². The summed E-state index contributed by atoms with van der Waals surface area (Å²) in [5, 5.41) is 0. The third-order valence-corrected chi connectivity index (χ3v) is 2.17. The molecule has 0 atom stereocenters. The number of pyridine rings is 1. The van der Waals surface area contributed by atoms with Crippen molar-refractivity contribution in [1.29, 1.82) is 0 Å². The minimum atomic E-state index is -0.824. The number of H-pyrrole nitrogens is 1. The van der Waals surface area contributed by atoms with Gasteiger partial charge in [0.25, 0.3) is 5.56 Å². The predicted octanol–water partition coefficient (Wildman–Crippen LogP) is 1.20. The first-order chi connectivity index (χ1) is 7.66. The molecule has 4 nitrogen and oxygen atoms in total. The van der Waals surface area contributed by atoms with Crippen molar-refractivity contribution >= 4 is 0 Å². The molecule has 0 saturated heterocycles. The minimum Gasteiger partial charge on any atom is -0.308 e. The molecule has 0 aromatic carbocycles. The molecule has 82 valence electrons. The zero-order valence-corrected chi connectivity index (χ0v) is 8.70. The summed E-state index contributed by atoms with van der Waals surface area (Å²) in [6.45, 7) is 1.47. The van der Waals surface area contributed by atoms with Crippen molar-refractivity contribution in [2.45, 2.75) is 13.3 Å². The summed E-state index contributed by atoms with van der Waals surface area (Å²) < 4.78 is 13.0. The van der Waals surface area contributed by atoms with Gasteiger partial charge in [0.2, 0.25) is 5.82 Å². The molecule has 0 fully saturated rings. The van der Waals surface area contributed by atoms with Crippen molar-refractivity contribution in [1.82, 2.24) is 15.0 Å². The Balaban J connectivity index is 2.33. The van der Waals surface area contributed by atoms with E-state index in [4.69, 9.17) is 0 Å². The molecule has 2 aromatic rings. The number of aryl methyl sites for hydroxylation is 1. The van der Waals surface area contributed by atoms with Gasteiger partial charge < -0.3 is 4.98 Å². The van der Waals surface area contributed by atoms with E-state index in [-0.39, 0.29) is 5.69 Å². The second-order valence-corrected chi connectivity index (χ2v) is 3.45. The van der Waals surface area contributed by atoms with Crippen LogP contribution in [-0.2, 0) is 6.42 Å². The molecule has 0 aliphatic rings. The second kappa shape index (κ2) is 4.22. The van der Waals surface area contributed by atoms with Gasteiger partial charge in [0, 0.05) is 18.8 Å². The van der Waals surface area contributed by atoms with E-state index in [0.717, 1.165) is 5.56 Å². The molecular weight excluding hydrogens is 209 g/mol. The standard InChI is InChI=1S/C11H10FN3O/c1-7-10(12)11(16)15-9(14-7)5-8-3-2-4-13-6-8/h2-4,6H,5H2,1H3,(H,14,15,16). The highest BCUT2D eigenvalue weighted by Gasteiger charge is 2.07. The summed E-state index contributed by atoms with van der Waals surface area (Å²) in [6.07, 6.45) is 3.78. The minimum absolute atomic E-state index is 0.114. The van der Waals surface area contributed by atoms with Gasteiger partial charge in [-0.25, -0.2) is 4.98 Å². The number of nitrogens with zero attached hydrogens (tertiary/aromatic N) is 2. The highest BCUT2D eigenvalue weighted by molar-refractivity contribution is 5.15. The van der Waals surface area contributed by atoms with Gasteiger partial charge in [-0.15, -0.1) is 0 Å². The van der Waals surface area contributed by atoms with Crippen LogP contribution in [0.3, 0.4) is 0 Å². The number of rotatable bonds is 2. The predicted molar refractivity (Wildman–Crippen MR) is 56.6 cm³/mol. The molecule has 2 rings (SSSR count). The number of halogens is 1. The van der Waals surface area contributed by atoms with Crippen LogP contribution in [0.4, 0.5) is 4.39 Å². The lowest BCUT2D eigenvalue weighted by atomic mass is 10.2.